The fourth-order valence-corrected chi connectivity index (χ4v) is 2.61. The van der Waals surface area contributed by atoms with Crippen molar-refractivity contribution in [3.8, 4) is 5.75 Å². The summed E-state index contributed by atoms with van der Waals surface area (Å²) in [4.78, 5) is 24.5. The van der Waals surface area contributed by atoms with Crippen molar-refractivity contribution in [3.63, 3.8) is 0 Å². The van der Waals surface area contributed by atoms with Crippen LogP contribution in [0.25, 0.3) is 0 Å². The van der Waals surface area contributed by atoms with E-state index in [2.05, 4.69) is 10.6 Å². The molecule has 0 aliphatic rings. The van der Waals surface area contributed by atoms with Gasteiger partial charge >= 0.3 is 0 Å². The molecule has 5 nitrogen and oxygen atoms in total. The minimum atomic E-state index is -0.257. The molecule has 27 heavy (non-hydrogen) atoms. The lowest BCUT2D eigenvalue weighted by molar-refractivity contribution is 0.101. The fourth-order valence-electron chi connectivity index (χ4n) is 2.42. The summed E-state index contributed by atoms with van der Waals surface area (Å²) in [7, 11) is 1.57. The van der Waals surface area contributed by atoms with Crippen molar-refractivity contribution in [3.05, 3.63) is 88.9 Å². The molecular weight excluding hydrogens is 364 g/mol. The summed E-state index contributed by atoms with van der Waals surface area (Å²) in [6.07, 6.45) is 0. The molecule has 0 heterocycles. The van der Waals surface area contributed by atoms with E-state index in [1.807, 2.05) is 0 Å². The summed E-state index contributed by atoms with van der Waals surface area (Å²) in [5, 5.41) is 6.09. The number of nitrogens with one attached hydrogen (secondary N) is 2. The Morgan fingerprint density at radius 3 is 1.85 bits per heavy atom. The van der Waals surface area contributed by atoms with E-state index in [1.54, 1.807) is 79.9 Å². The zero-order chi connectivity index (χ0) is 19.2. The van der Waals surface area contributed by atoms with E-state index in [9.17, 15) is 9.59 Å². The number of ether oxygens (including phenoxy) is 1. The van der Waals surface area contributed by atoms with Crippen LogP contribution in [0.3, 0.4) is 0 Å². The molecule has 0 aromatic heterocycles. The van der Waals surface area contributed by atoms with Crippen LogP contribution >= 0.6 is 11.6 Å². The summed E-state index contributed by atoms with van der Waals surface area (Å²) < 4.78 is 5.08. The van der Waals surface area contributed by atoms with Gasteiger partial charge in [-0.1, -0.05) is 17.7 Å². The van der Waals surface area contributed by atoms with Crippen molar-refractivity contribution < 1.29 is 14.3 Å². The zero-order valence-electron chi connectivity index (χ0n) is 14.5. The van der Waals surface area contributed by atoms with E-state index in [0.29, 0.717) is 33.3 Å². The second-order valence-corrected chi connectivity index (χ2v) is 6.16. The Hall–Kier alpha value is -3.31. The molecule has 136 valence electrons. The summed E-state index contributed by atoms with van der Waals surface area (Å²) in [5.41, 5.74) is 2.23. The van der Waals surface area contributed by atoms with Crippen LogP contribution in [0.15, 0.2) is 72.8 Å². The quantitative estimate of drug-likeness (QED) is 0.664. The Bertz CT molecular complexity index is 954. The van der Waals surface area contributed by atoms with E-state index in [4.69, 9.17) is 16.3 Å². The first-order chi connectivity index (χ1) is 13.0. The molecule has 0 unspecified atom stereocenters. The number of rotatable bonds is 5. The first kappa shape index (κ1) is 18.5. The predicted octanol–water partition coefficient (Wildman–Crippen LogP) is 4.85. The lowest BCUT2D eigenvalue weighted by Gasteiger charge is -2.09. The van der Waals surface area contributed by atoms with Crippen molar-refractivity contribution in [1.82, 2.24) is 0 Å². The third kappa shape index (κ3) is 4.86. The predicted molar refractivity (Wildman–Crippen MR) is 107 cm³/mol. The minimum absolute atomic E-state index is 0.228. The number of carbonyl (C=O) groups is 2. The average molecular weight is 381 g/mol. The molecule has 3 rings (SSSR count). The Morgan fingerprint density at radius 2 is 1.33 bits per heavy atom. The number of hydrogen-bond donors (Lipinski definition) is 2. The number of anilines is 2. The fraction of sp³-hybridized carbons (Fsp3) is 0.0476. The topological polar surface area (TPSA) is 67.4 Å². The van der Waals surface area contributed by atoms with Gasteiger partial charge in [0.05, 0.1) is 7.11 Å². The number of benzene rings is 3. The van der Waals surface area contributed by atoms with Gasteiger partial charge in [-0.2, -0.15) is 0 Å². The van der Waals surface area contributed by atoms with E-state index in [0.717, 1.165) is 0 Å². The van der Waals surface area contributed by atoms with Crippen molar-refractivity contribution in [2.45, 2.75) is 0 Å². The second kappa shape index (κ2) is 8.38. The van der Waals surface area contributed by atoms with Gasteiger partial charge in [0.15, 0.2) is 0 Å². The molecule has 0 aliphatic heterocycles. The highest BCUT2D eigenvalue weighted by Crippen LogP contribution is 2.18. The Morgan fingerprint density at radius 1 is 0.778 bits per heavy atom. The molecule has 2 N–H and O–H groups in total. The molecular formula is C21H17ClN2O3. The monoisotopic (exact) mass is 380 g/mol. The van der Waals surface area contributed by atoms with Crippen LogP contribution in [0.4, 0.5) is 11.4 Å². The SMILES string of the molecule is COc1ccc(C(=O)Nc2ccc(NC(=O)c3cccc(Cl)c3)cc2)cc1. The highest BCUT2D eigenvalue weighted by molar-refractivity contribution is 6.31. The lowest BCUT2D eigenvalue weighted by Crippen LogP contribution is -2.13. The molecule has 3 aromatic rings. The molecule has 0 spiro atoms. The van der Waals surface area contributed by atoms with Crippen molar-refractivity contribution in [1.29, 1.82) is 0 Å². The Balaban J connectivity index is 1.62. The molecule has 2 amide bonds. The largest absolute Gasteiger partial charge is 0.497 e. The van der Waals surface area contributed by atoms with Crippen LogP contribution in [-0.4, -0.2) is 18.9 Å². The maximum absolute atomic E-state index is 12.3. The maximum Gasteiger partial charge on any atom is 0.255 e. The Kier molecular flexibility index (Phi) is 5.74. The van der Waals surface area contributed by atoms with Crippen LogP contribution in [0.5, 0.6) is 5.75 Å². The van der Waals surface area contributed by atoms with Gasteiger partial charge in [0.2, 0.25) is 0 Å². The summed E-state index contributed by atoms with van der Waals surface area (Å²) in [5.74, 6) is 0.201. The van der Waals surface area contributed by atoms with E-state index >= 15 is 0 Å². The van der Waals surface area contributed by atoms with Crippen LogP contribution in [-0.2, 0) is 0 Å². The molecule has 0 bridgehead atoms. The lowest BCUT2D eigenvalue weighted by atomic mass is 10.2. The molecule has 0 atom stereocenters. The van der Waals surface area contributed by atoms with Gasteiger partial charge < -0.3 is 15.4 Å². The second-order valence-electron chi connectivity index (χ2n) is 5.72. The smallest absolute Gasteiger partial charge is 0.255 e. The van der Waals surface area contributed by atoms with Crippen molar-refractivity contribution >= 4 is 34.8 Å². The first-order valence-electron chi connectivity index (χ1n) is 8.17. The Labute approximate surface area is 161 Å². The normalized spacial score (nSPS) is 10.1. The number of amides is 2. The summed E-state index contributed by atoms with van der Waals surface area (Å²) >= 11 is 5.90. The van der Waals surface area contributed by atoms with Crippen LogP contribution in [0.2, 0.25) is 5.02 Å². The van der Waals surface area contributed by atoms with Gasteiger partial charge in [0.25, 0.3) is 11.8 Å². The summed E-state index contributed by atoms with van der Waals surface area (Å²) in [6, 6.07) is 20.4. The van der Waals surface area contributed by atoms with Gasteiger partial charge in [0, 0.05) is 27.5 Å². The first-order valence-corrected chi connectivity index (χ1v) is 8.55. The van der Waals surface area contributed by atoms with Gasteiger partial charge in [-0.3, -0.25) is 9.59 Å². The molecule has 0 fully saturated rings. The standard InChI is InChI=1S/C21H17ClN2O3/c1-27-19-11-5-14(6-12-19)20(25)23-17-7-9-18(10-8-17)24-21(26)15-3-2-4-16(22)13-15/h2-13H,1H3,(H,23,25)(H,24,26). The van der Waals surface area contributed by atoms with Crippen LogP contribution in [0, 0.1) is 0 Å². The van der Waals surface area contributed by atoms with Crippen molar-refractivity contribution in [2.75, 3.05) is 17.7 Å². The van der Waals surface area contributed by atoms with Crippen LogP contribution < -0.4 is 15.4 Å². The van der Waals surface area contributed by atoms with E-state index in [1.165, 1.54) is 0 Å². The summed E-state index contributed by atoms with van der Waals surface area (Å²) in [6.45, 7) is 0. The van der Waals surface area contributed by atoms with Gasteiger partial charge in [-0.05, 0) is 66.7 Å². The number of methoxy groups -OCH3 is 1. The third-order valence-corrected chi connectivity index (χ3v) is 4.07. The molecule has 0 radical (unpaired) electrons. The maximum atomic E-state index is 12.3. The van der Waals surface area contributed by atoms with E-state index < -0.39 is 0 Å². The number of halogens is 1. The molecule has 0 saturated carbocycles. The third-order valence-electron chi connectivity index (χ3n) is 3.84. The number of hydrogen-bond acceptors (Lipinski definition) is 3. The van der Waals surface area contributed by atoms with Crippen LogP contribution in [0.1, 0.15) is 20.7 Å². The average Bonchev–Trinajstić information content (AvgIpc) is 2.69. The minimum Gasteiger partial charge on any atom is -0.497 e. The van der Waals surface area contributed by atoms with Gasteiger partial charge in [-0.15, -0.1) is 0 Å². The molecule has 0 saturated heterocycles. The van der Waals surface area contributed by atoms with Gasteiger partial charge in [0.1, 0.15) is 5.75 Å². The highest BCUT2D eigenvalue weighted by atomic mass is 35.5. The van der Waals surface area contributed by atoms with E-state index in [-0.39, 0.29) is 11.8 Å². The molecule has 3 aromatic carbocycles. The number of carbonyl (C=O) groups excluding carboxylic acids is 2. The van der Waals surface area contributed by atoms with Crippen molar-refractivity contribution in [2.24, 2.45) is 0 Å². The molecule has 0 aliphatic carbocycles. The van der Waals surface area contributed by atoms with Gasteiger partial charge in [-0.25, -0.2) is 0 Å². The zero-order valence-corrected chi connectivity index (χ0v) is 15.3. The molecule has 6 heteroatoms. The highest BCUT2D eigenvalue weighted by Gasteiger charge is 2.08.